The van der Waals surface area contributed by atoms with Crippen molar-refractivity contribution in [2.75, 3.05) is 19.3 Å². The average molecular weight is 455 g/mol. The zero-order valence-corrected chi connectivity index (χ0v) is 19.7. The standard InChI is InChI=1S/C22H34N2O6S/c1-22(2,3)30-21(25)24-13-11-18(12-14-24)28-16-5-7-17(8-6-16)29-20-10-9-19(15-23-20)31(4,26)27/h9-10,15-18H,5-8,11-14H2,1-4H3/t16-,17-. The zero-order chi connectivity index (χ0) is 22.6. The summed E-state index contributed by atoms with van der Waals surface area (Å²) in [5.41, 5.74) is -0.476. The Morgan fingerprint density at radius 2 is 1.58 bits per heavy atom. The van der Waals surface area contributed by atoms with E-state index in [2.05, 4.69) is 4.98 Å². The van der Waals surface area contributed by atoms with Crippen molar-refractivity contribution in [3.63, 3.8) is 0 Å². The van der Waals surface area contributed by atoms with E-state index in [9.17, 15) is 13.2 Å². The van der Waals surface area contributed by atoms with Crippen molar-refractivity contribution < 1.29 is 27.4 Å². The molecule has 0 aromatic carbocycles. The zero-order valence-electron chi connectivity index (χ0n) is 18.9. The number of aromatic nitrogens is 1. The van der Waals surface area contributed by atoms with Crippen LogP contribution in [-0.4, -0.2) is 67.7 Å². The molecule has 1 saturated heterocycles. The van der Waals surface area contributed by atoms with Crippen LogP contribution in [0.25, 0.3) is 0 Å². The molecule has 2 fully saturated rings. The van der Waals surface area contributed by atoms with Crippen molar-refractivity contribution >= 4 is 15.9 Å². The number of carbonyl (C=O) groups is 1. The minimum Gasteiger partial charge on any atom is -0.474 e. The first-order valence-electron chi connectivity index (χ1n) is 11.0. The number of rotatable bonds is 5. The molecule has 31 heavy (non-hydrogen) atoms. The van der Waals surface area contributed by atoms with Crippen molar-refractivity contribution in [2.24, 2.45) is 0 Å². The predicted molar refractivity (Wildman–Crippen MR) is 116 cm³/mol. The maximum Gasteiger partial charge on any atom is 0.410 e. The fraction of sp³-hybridized carbons (Fsp3) is 0.727. The summed E-state index contributed by atoms with van der Waals surface area (Å²) in [5, 5.41) is 0. The van der Waals surface area contributed by atoms with Gasteiger partial charge in [-0.15, -0.1) is 0 Å². The van der Waals surface area contributed by atoms with Gasteiger partial charge in [-0.1, -0.05) is 0 Å². The van der Waals surface area contributed by atoms with Gasteiger partial charge in [-0.25, -0.2) is 18.2 Å². The maximum atomic E-state index is 12.2. The molecule has 0 N–H and O–H groups in total. The van der Waals surface area contributed by atoms with Crippen LogP contribution in [0.2, 0.25) is 0 Å². The van der Waals surface area contributed by atoms with Gasteiger partial charge in [0.15, 0.2) is 9.84 Å². The third-order valence-electron chi connectivity index (χ3n) is 5.52. The number of piperidine rings is 1. The van der Waals surface area contributed by atoms with Crippen LogP contribution in [0.4, 0.5) is 4.79 Å². The molecule has 174 valence electrons. The topological polar surface area (TPSA) is 95.0 Å². The fourth-order valence-electron chi connectivity index (χ4n) is 3.89. The van der Waals surface area contributed by atoms with Gasteiger partial charge < -0.3 is 19.1 Å². The Balaban J connectivity index is 1.37. The van der Waals surface area contributed by atoms with Crippen LogP contribution in [0.15, 0.2) is 23.2 Å². The van der Waals surface area contributed by atoms with Crippen LogP contribution >= 0.6 is 0 Å². The van der Waals surface area contributed by atoms with E-state index in [1.807, 2.05) is 20.8 Å². The molecule has 8 nitrogen and oxygen atoms in total. The molecule has 1 amide bonds. The van der Waals surface area contributed by atoms with Gasteiger partial charge in [-0.05, 0) is 65.4 Å². The van der Waals surface area contributed by atoms with E-state index >= 15 is 0 Å². The molecule has 1 aromatic rings. The third kappa shape index (κ3) is 7.35. The lowest BCUT2D eigenvalue weighted by Crippen LogP contribution is -2.44. The second-order valence-electron chi connectivity index (χ2n) is 9.42. The van der Waals surface area contributed by atoms with Crippen molar-refractivity contribution in [1.82, 2.24) is 9.88 Å². The second kappa shape index (κ2) is 9.73. The molecule has 0 bridgehead atoms. The number of pyridine rings is 1. The van der Waals surface area contributed by atoms with Crippen molar-refractivity contribution in [1.29, 1.82) is 0 Å². The first-order chi connectivity index (χ1) is 14.5. The normalized spacial score (nSPS) is 23.4. The number of hydrogen-bond donors (Lipinski definition) is 0. The highest BCUT2D eigenvalue weighted by molar-refractivity contribution is 7.90. The van der Waals surface area contributed by atoms with Crippen LogP contribution in [0.5, 0.6) is 5.88 Å². The van der Waals surface area contributed by atoms with Gasteiger partial charge in [0, 0.05) is 31.6 Å². The second-order valence-corrected chi connectivity index (χ2v) is 11.4. The first-order valence-corrected chi connectivity index (χ1v) is 12.8. The Bertz CT molecular complexity index is 834. The molecule has 2 aliphatic rings. The number of ether oxygens (including phenoxy) is 3. The van der Waals surface area contributed by atoms with Crippen LogP contribution in [0, 0.1) is 0 Å². The van der Waals surface area contributed by atoms with Crippen LogP contribution < -0.4 is 4.74 Å². The average Bonchev–Trinajstić information content (AvgIpc) is 2.68. The number of hydrogen-bond acceptors (Lipinski definition) is 7. The van der Waals surface area contributed by atoms with E-state index in [1.165, 1.54) is 12.3 Å². The third-order valence-corrected chi connectivity index (χ3v) is 6.62. The number of likely N-dealkylation sites (tertiary alicyclic amines) is 1. The highest BCUT2D eigenvalue weighted by Crippen LogP contribution is 2.28. The molecule has 0 atom stereocenters. The molecule has 1 aliphatic heterocycles. The number of amides is 1. The summed E-state index contributed by atoms with van der Waals surface area (Å²) < 4.78 is 40.7. The summed E-state index contributed by atoms with van der Waals surface area (Å²) in [4.78, 5) is 18.2. The summed E-state index contributed by atoms with van der Waals surface area (Å²) in [6.45, 7) is 6.95. The molecule has 0 spiro atoms. The predicted octanol–water partition coefficient (Wildman–Crippen LogP) is 3.59. The van der Waals surface area contributed by atoms with Gasteiger partial charge in [-0.3, -0.25) is 0 Å². The summed E-state index contributed by atoms with van der Waals surface area (Å²) in [7, 11) is -3.25. The van der Waals surface area contributed by atoms with E-state index < -0.39 is 15.4 Å². The van der Waals surface area contributed by atoms with Crippen LogP contribution in [0.3, 0.4) is 0 Å². The molecule has 2 heterocycles. The quantitative estimate of drug-likeness (QED) is 0.671. The Kier molecular flexibility index (Phi) is 7.47. The van der Waals surface area contributed by atoms with E-state index in [0.717, 1.165) is 44.8 Å². The SMILES string of the molecule is CC(C)(C)OC(=O)N1CCC(O[C@H]2CC[C@H](Oc3ccc(S(C)(=O)=O)cn3)CC2)CC1. The van der Waals surface area contributed by atoms with Crippen LogP contribution in [-0.2, 0) is 19.3 Å². The molecule has 1 aromatic heterocycles. The lowest BCUT2D eigenvalue weighted by atomic mass is 9.94. The lowest BCUT2D eigenvalue weighted by Gasteiger charge is -2.36. The van der Waals surface area contributed by atoms with Gasteiger partial charge in [-0.2, -0.15) is 0 Å². The Hall–Kier alpha value is -1.87. The smallest absolute Gasteiger partial charge is 0.410 e. The molecule has 1 saturated carbocycles. The van der Waals surface area contributed by atoms with E-state index in [-0.39, 0.29) is 29.3 Å². The molecule has 9 heteroatoms. The Labute approximate surface area is 185 Å². The van der Waals surface area contributed by atoms with Gasteiger partial charge >= 0.3 is 6.09 Å². The molecule has 0 radical (unpaired) electrons. The number of sulfone groups is 1. The van der Waals surface area contributed by atoms with Crippen molar-refractivity contribution in [3.05, 3.63) is 18.3 Å². The fourth-order valence-corrected chi connectivity index (χ4v) is 4.45. The summed E-state index contributed by atoms with van der Waals surface area (Å²) in [6, 6.07) is 3.13. The van der Waals surface area contributed by atoms with Gasteiger partial charge in [0.1, 0.15) is 11.7 Å². The van der Waals surface area contributed by atoms with Gasteiger partial charge in [0.2, 0.25) is 5.88 Å². The molecular formula is C22H34N2O6S. The monoisotopic (exact) mass is 454 g/mol. The van der Waals surface area contributed by atoms with Crippen molar-refractivity contribution in [2.45, 2.75) is 88.1 Å². The molecular weight excluding hydrogens is 420 g/mol. The van der Waals surface area contributed by atoms with Gasteiger partial charge in [0.05, 0.1) is 17.1 Å². The van der Waals surface area contributed by atoms with Gasteiger partial charge in [0.25, 0.3) is 0 Å². The largest absolute Gasteiger partial charge is 0.474 e. The maximum absolute atomic E-state index is 12.2. The van der Waals surface area contributed by atoms with E-state index in [1.54, 1.807) is 11.0 Å². The number of carbonyl (C=O) groups excluding carboxylic acids is 1. The lowest BCUT2D eigenvalue weighted by molar-refractivity contribution is -0.0678. The minimum absolute atomic E-state index is 0.0606. The van der Waals surface area contributed by atoms with E-state index in [0.29, 0.717) is 19.0 Å². The number of nitrogens with zero attached hydrogens (tertiary/aromatic N) is 2. The van der Waals surface area contributed by atoms with Crippen LogP contribution in [0.1, 0.15) is 59.3 Å². The summed E-state index contributed by atoms with van der Waals surface area (Å²) in [5.74, 6) is 0.450. The summed E-state index contributed by atoms with van der Waals surface area (Å²) >= 11 is 0. The van der Waals surface area contributed by atoms with Crippen molar-refractivity contribution in [3.8, 4) is 5.88 Å². The minimum atomic E-state index is -3.25. The summed E-state index contributed by atoms with van der Waals surface area (Å²) in [6.07, 6.45) is 7.91. The molecule has 3 rings (SSSR count). The molecule has 1 aliphatic carbocycles. The van der Waals surface area contributed by atoms with E-state index in [4.69, 9.17) is 14.2 Å². The highest BCUT2D eigenvalue weighted by atomic mass is 32.2. The first kappa shape index (κ1) is 23.8. The highest BCUT2D eigenvalue weighted by Gasteiger charge is 2.30. The Morgan fingerprint density at radius 1 is 1.00 bits per heavy atom. The molecule has 0 unspecified atom stereocenters. The Morgan fingerprint density at radius 3 is 2.10 bits per heavy atom.